The minimum absolute atomic E-state index is 0.0859. The SMILES string of the molecule is COC(=O)N(c1ccno1)c1ccccc1OCc1c(Cl)cncc1Cl. The normalized spacial score (nSPS) is 10.4. The molecule has 9 heteroatoms. The van der Waals surface area contributed by atoms with Crippen LogP contribution in [-0.4, -0.2) is 23.3 Å². The predicted octanol–water partition coefficient (Wildman–Crippen LogP) is 4.86. The Morgan fingerprint density at radius 1 is 1.19 bits per heavy atom. The predicted molar refractivity (Wildman–Crippen MR) is 96.1 cm³/mol. The molecule has 1 amide bonds. The van der Waals surface area contributed by atoms with Crippen LogP contribution in [0.3, 0.4) is 0 Å². The van der Waals surface area contributed by atoms with Gasteiger partial charge in [-0.05, 0) is 12.1 Å². The molecule has 0 saturated heterocycles. The molecule has 0 fully saturated rings. The number of anilines is 2. The molecule has 0 aliphatic carbocycles. The highest BCUT2D eigenvalue weighted by Gasteiger charge is 2.25. The Labute approximate surface area is 159 Å². The summed E-state index contributed by atoms with van der Waals surface area (Å²) in [6, 6.07) is 8.44. The first kappa shape index (κ1) is 18.0. The first-order chi connectivity index (χ1) is 12.6. The van der Waals surface area contributed by atoms with Gasteiger partial charge in [-0.2, -0.15) is 0 Å². The molecule has 3 rings (SSSR count). The summed E-state index contributed by atoms with van der Waals surface area (Å²) in [6.45, 7) is 0.0859. The van der Waals surface area contributed by atoms with E-state index in [4.69, 9.17) is 37.2 Å². The van der Waals surface area contributed by atoms with Crippen LogP contribution in [0.15, 0.2) is 53.4 Å². The van der Waals surface area contributed by atoms with Gasteiger partial charge in [-0.15, -0.1) is 0 Å². The molecule has 2 aromatic heterocycles. The zero-order chi connectivity index (χ0) is 18.5. The lowest BCUT2D eigenvalue weighted by Crippen LogP contribution is -2.25. The fourth-order valence-electron chi connectivity index (χ4n) is 2.21. The van der Waals surface area contributed by atoms with E-state index in [-0.39, 0.29) is 12.5 Å². The molecule has 0 aliphatic heterocycles. The zero-order valence-electron chi connectivity index (χ0n) is 13.6. The number of amides is 1. The van der Waals surface area contributed by atoms with Crippen LogP contribution in [0.1, 0.15) is 5.56 Å². The Hall–Kier alpha value is -2.77. The van der Waals surface area contributed by atoms with E-state index in [9.17, 15) is 4.79 Å². The van der Waals surface area contributed by atoms with Gasteiger partial charge in [0.2, 0.25) is 5.88 Å². The van der Waals surface area contributed by atoms with Crippen LogP contribution in [-0.2, 0) is 11.3 Å². The van der Waals surface area contributed by atoms with Crippen molar-refractivity contribution in [3.05, 3.63) is 64.5 Å². The molecule has 2 heterocycles. The third-order valence-corrected chi connectivity index (χ3v) is 4.08. The van der Waals surface area contributed by atoms with Crippen molar-refractivity contribution >= 4 is 40.9 Å². The molecule has 0 spiro atoms. The van der Waals surface area contributed by atoms with Gasteiger partial charge >= 0.3 is 6.09 Å². The third kappa shape index (κ3) is 3.74. The van der Waals surface area contributed by atoms with Crippen LogP contribution >= 0.6 is 23.2 Å². The summed E-state index contributed by atoms with van der Waals surface area (Å²) in [6.07, 6.45) is 3.73. The van der Waals surface area contributed by atoms with Crippen molar-refractivity contribution in [3.63, 3.8) is 0 Å². The van der Waals surface area contributed by atoms with E-state index in [1.807, 2.05) is 0 Å². The second-order valence-electron chi connectivity index (χ2n) is 4.99. The monoisotopic (exact) mass is 393 g/mol. The van der Waals surface area contributed by atoms with Gasteiger partial charge in [0.25, 0.3) is 0 Å². The molecular weight excluding hydrogens is 381 g/mol. The van der Waals surface area contributed by atoms with Gasteiger partial charge in [-0.1, -0.05) is 40.5 Å². The molecule has 0 N–H and O–H groups in total. The summed E-state index contributed by atoms with van der Waals surface area (Å²) in [7, 11) is 1.27. The first-order valence-corrected chi connectivity index (χ1v) is 8.16. The maximum Gasteiger partial charge on any atom is 0.421 e. The second-order valence-corrected chi connectivity index (χ2v) is 5.81. The average molecular weight is 394 g/mol. The number of aromatic nitrogens is 2. The highest BCUT2D eigenvalue weighted by atomic mass is 35.5. The first-order valence-electron chi connectivity index (χ1n) is 7.40. The molecule has 0 aliphatic rings. The highest BCUT2D eigenvalue weighted by molar-refractivity contribution is 6.35. The summed E-state index contributed by atoms with van der Waals surface area (Å²) in [5.41, 5.74) is 1.000. The van der Waals surface area contributed by atoms with Crippen LogP contribution in [0.5, 0.6) is 5.75 Å². The number of ether oxygens (including phenoxy) is 2. The van der Waals surface area contributed by atoms with Gasteiger partial charge in [0.1, 0.15) is 12.4 Å². The number of carbonyl (C=O) groups is 1. The highest BCUT2D eigenvalue weighted by Crippen LogP contribution is 2.35. The molecule has 0 bridgehead atoms. The summed E-state index contributed by atoms with van der Waals surface area (Å²) >= 11 is 12.2. The van der Waals surface area contributed by atoms with E-state index >= 15 is 0 Å². The number of benzene rings is 1. The van der Waals surface area contributed by atoms with Crippen molar-refractivity contribution in [1.82, 2.24) is 10.1 Å². The fourth-order valence-corrected chi connectivity index (χ4v) is 2.69. The third-order valence-electron chi connectivity index (χ3n) is 3.43. The molecule has 7 nitrogen and oxygen atoms in total. The maximum absolute atomic E-state index is 12.3. The number of hydrogen-bond donors (Lipinski definition) is 0. The van der Waals surface area contributed by atoms with Gasteiger partial charge in [0.05, 0.1) is 29.0 Å². The second kappa shape index (κ2) is 8.07. The molecule has 1 aromatic carbocycles. The maximum atomic E-state index is 12.3. The summed E-state index contributed by atoms with van der Waals surface area (Å²) < 4.78 is 15.8. The van der Waals surface area contributed by atoms with E-state index in [1.165, 1.54) is 36.7 Å². The van der Waals surface area contributed by atoms with Crippen LogP contribution in [0.4, 0.5) is 16.4 Å². The molecular formula is C17H13Cl2N3O4. The molecule has 0 atom stereocenters. The Morgan fingerprint density at radius 2 is 1.92 bits per heavy atom. The Kier molecular flexibility index (Phi) is 5.60. The Balaban J connectivity index is 1.93. The van der Waals surface area contributed by atoms with Crippen LogP contribution in [0, 0.1) is 0 Å². The number of pyridine rings is 1. The smallest absolute Gasteiger partial charge is 0.421 e. The molecule has 3 aromatic rings. The van der Waals surface area contributed by atoms with Crippen molar-refractivity contribution in [1.29, 1.82) is 0 Å². The molecule has 0 radical (unpaired) electrons. The lowest BCUT2D eigenvalue weighted by molar-refractivity contribution is 0.179. The molecule has 134 valence electrons. The summed E-state index contributed by atoms with van der Waals surface area (Å²) in [4.78, 5) is 17.4. The number of carbonyl (C=O) groups excluding carboxylic acids is 1. The van der Waals surface area contributed by atoms with Crippen LogP contribution in [0.2, 0.25) is 10.0 Å². The van der Waals surface area contributed by atoms with E-state index in [1.54, 1.807) is 24.3 Å². The van der Waals surface area contributed by atoms with E-state index in [2.05, 4.69) is 10.1 Å². The molecule has 0 saturated carbocycles. The number of halogens is 2. The van der Waals surface area contributed by atoms with Gasteiger partial charge in [0, 0.05) is 24.0 Å². The standard InChI is InChI=1S/C17H13Cl2N3O4/c1-24-17(23)22(16-6-7-21-26-16)14-4-2-3-5-15(14)25-10-11-12(18)8-20-9-13(11)19/h2-9H,10H2,1H3. The number of methoxy groups -OCH3 is 1. The minimum Gasteiger partial charge on any atom is -0.487 e. The Morgan fingerprint density at radius 3 is 2.58 bits per heavy atom. The van der Waals surface area contributed by atoms with Crippen molar-refractivity contribution in [2.24, 2.45) is 0 Å². The van der Waals surface area contributed by atoms with Gasteiger partial charge in [-0.25, -0.2) is 9.69 Å². The topological polar surface area (TPSA) is 77.7 Å². The molecule has 0 unspecified atom stereocenters. The van der Waals surface area contributed by atoms with Gasteiger partial charge < -0.3 is 14.0 Å². The van der Waals surface area contributed by atoms with Crippen molar-refractivity contribution < 1.29 is 18.8 Å². The van der Waals surface area contributed by atoms with Crippen LogP contribution in [0.25, 0.3) is 0 Å². The summed E-state index contributed by atoms with van der Waals surface area (Å²) in [5.74, 6) is 0.589. The quantitative estimate of drug-likeness (QED) is 0.615. The van der Waals surface area contributed by atoms with E-state index < -0.39 is 6.09 Å². The minimum atomic E-state index is -0.655. The van der Waals surface area contributed by atoms with Crippen LogP contribution < -0.4 is 9.64 Å². The van der Waals surface area contributed by atoms with E-state index in [0.29, 0.717) is 27.0 Å². The number of para-hydroxylation sites is 2. The number of nitrogens with zero attached hydrogens (tertiary/aromatic N) is 3. The number of hydrogen-bond acceptors (Lipinski definition) is 6. The van der Waals surface area contributed by atoms with Gasteiger partial charge in [-0.3, -0.25) is 4.98 Å². The average Bonchev–Trinajstić information content (AvgIpc) is 3.16. The number of rotatable bonds is 5. The van der Waals surface area contributed by atoms with Gasteiger partial charge in [0.15, 0.2) is 0 Å². The molecule has 26 heavy (non-hydrogen) atoms. The summed E-state index contributed by atoms with van der Waals surface area (Å²) in [5, 5.41) is 4.39. The zero-order valence-corrected chi connectivity index (χ0v) is 15.1. The van der Waals surface area contributed by atoms with E-state index in [0.717, 1.165) is 0 Å². The Bertz CT molecular complexity index is 883. The largest absolute Gasteiger partial charge is 0.487 e. The lowest BCUT2D eigenvalue weighted by atomic mass is 10.2. The lowest BCUT2D eigenvalue weighted by Gasteiger charge is -2.21. The van der Waals surface area contributed by atoms with Crippen molar-refractivity contribution in [2.45, 2.75) is 6.61 Å². The van der Waals surface area contributed by atoms with Crippen molar-refractivity contribution in [3.8, 4) is 5.75 Å². The van der Waals surface area contributed by atoms with Crippen molar-refractivity contribution in [2.75, 3.05) is 12.0 Å². The fraction of sp³-hybridized carbons (Fsp3) is 0.118.